The monoisotopic (exact) mass is 296 g/mol. The summed E-state index contributed by atoms with van der Waals surface area (Å²) in [5, 5.41) is 2.91. The largest absolute Gasteiger partial charge is 0.494 e. The predicted molar refractivity (Wildman–Crippen MR) is 78.3 cm³/mol. The molecular weight excluding hydrogens is 279 g/mol. The van der Waals surface area contributed by atoms with E-state index in [0.717, 1.165) is 19.3 Å². The first-order chi connectivity index (χ1) is 9.52. The molecule has 108 valence electrons. The van der Waals surface area contributed by atoms with Crippen molar-refractivity contribution in [3.63, 3.8) is 0 Å². The Morgan fingerprint density at radius 3 is 2.90 bits per heavy atom. The van der Waals surface area contributed by atoms with Crippen molar-refractivity contribution in [2.45, 2.75) is 25.3 Å². The molecule has 0 aliphatic heterocycles. The first-order valence-electron chi connectivity index (χ1n) is 6.46. The van der Waals surface area contributed by atoms with E-state index in [-0.39, 0.29) is 23.6 Å². The van der Waals surface area contributed by atoms with Crippen molar-refractivity contribution < 1.29 is 13.9 Å². The number of carbonyl (C=O) groups excluding carboxylic acids is 1. The second kappa shape index (κ2) is 6.17. The van der Waals surface area contributed by atoms with E-state index in [2.05, 4.69) is 5.32 Å². The van der Waals surface area contributed by atoms with Crippen LogP contribution in [0.3, 0.4) is 0 Å². The predicted octanol–water partition coefficient (Wildman–Crippen LogP) is 2.02. The number of hydrogen-bond donors (Lipinski definition) is 2. The summed E-state index contributed by atoms with van der Waals surface area (Å²) in [6, 6.07) is 3.98. The minimum absolute atomic E-state index is 0.0382. The third kappa shape index (κ3) is 3.07. The van der Waals surface area contributed by atoms with Gasteiger partial charge in [-0.1, -0.05) is 18.6 Å². The van der Waals surface area contributed by atoms with Gasteiger partial charge in [-0.25, -0.2) is 4.39 Å². The van der Waals surface area contributed by atoms with Crippen LogP contribution in [0.15, 0.2) is 18.2 Å². The van der Waals surface area contributed by atoms with E-state index in [4.69, 9.17) is 22.7 Å². The summed E-state index contributed by atoms with van der Waals surface area (Å²) >= 11 is 5.02. The number of thiocarbonyl (C=S) groups is 1. The van der Waals surface area contributed by atoms with E-state index in [1.54, 1.807) is 0 Å². The fourth-order valence-electron chi connectivity index (χ4n) is 2.53. The third-order valence-corrected chi connectivity index (χ3v) is 3.91. The lowest BCUT2D eigenvalue weighted by Crippen LogP contribution is -2.41. The number of ether oxygens (including phenoxy) is 1. The highest BCUT2D eigenvalue weighted by Crippen LogP contribution is 2.26. The van der Waals surface area contributed by atoms with Gasteiger partial charge in [0.05, 0.1) is 12.1 Å². The molecule has 4 nitrogen and oxygen atoms in total. The molecule has 0 bridgehead atoms. The van der Waals surface area contributed by atoms with E-state index in [9.17, 15) is 9.18 Å². The van der Waals surface area contributed by atoms with Crippen molar-refractivity contribution in [2.24, 2.45) is 11.7 Å². The lowest BCUT2D eigenvalue weighted by atomic mass is 10.0. The van der Waals surface area contributed by atoms with Crippen molar-refractivity contribution >= 4 is 23.1 Å². The van der Waals surface area contributed by atoms with Gasteiger partial charge in [-0.2, -0.15) is 0 Å². The number of rotatable bonds is 4. The van der Waals surface area contributed by atoms with Crippen LogP contribution in [-0.2, 0) is 0 Å². The van der Waals surface area contributed by atoms with Crippen LogP contribution in [0, 0.1) is 11.7 Å². The van der Waals surface area contributed by atoms with Crippen molar-refractivity contribution in [1.29, 1.82) is 0 Å². The maximum absolute atomic E-state index is 13.3. The molecule has 2 unspecified atom stereocenters. The van der Waals surface area contributed by atoms with E-state index in [0.29, 0.717) is 10.6 Å². The van der Waals surface area contributed by atoms with Crippen molar-refractivity contribution in [2.75, 3.05) is 7.11 Å². The number of hydrogen-bond acceptors (Lipinski definition) is 3. The molecular formula is C14H17FN2O2S. The number of nitrogens with one attached hydrogen (secondary N) is 1. The van der Waals surface area contributed by atoms with Gasteiger partial charge in [-0.15, -0.1) is 0 Å². The number of halogens is 1. The maximum atomic E-state index is 13.3. The molecule has 6 heteroatoms. The summed E-state index contributed by atoms with van der Waals surface area (Å²) in [5.41, 5.74) is 6.04. The molecule has 1 aromatic carbocycles. The fraction of sp³-hybridized carbons (Fsp3) is 0.429. The molecule has 2 atom stereocenters. The molecule has 0 saturated heterocycles. The quantitative estimate of drug-likeness (QED) is 0.834. The van der Waals surface area contributed by atoms with Gasteiger partial charge in [-0.3, -0.25) is 4.79 Å². The van der Waals surface area contributed by atoms with Gasteiger partial charge in [0.15, 0.2) is 11.6 Å². The Morgan fingerprint density at radius 2 is 2.25 bits per heavy atom. The first kappa shape index (κ1) is 14.7. The van der Waals surface area contributed by atoms with Crippen molar-refractivity contribution in [1.82, 2.24) is 5.32 Å². The van der Waals surface area contributed by atoms with Gasteiger partial charge in [0.1, 0.15) is 0 Å². The molecule has 1 fully saturated rings. The summed E-state index contributed by atoms with van der Waals surface area (Å²) < 4.78 is 18.2. The zero-order chi connectivity index (χ0) is 14.7. The summed E-state index contributed by atoms with van der Waals surface area (Å²) in [4.78, 5) is 12.6. The summed E-state index contributed by atoms with van der Waals surface area (Å²) in [6.07, 6.45) is 2.73. The molecule has 1 aromatic rings. The molecule has 0 spiro atoms. The molecule has 1 aliphatic carbocycles. The van der Waals surface area contributed by atoms with E-state index >= 15 is 0 Å². The van der Waals surface area contributed by atoms with Crippen LogP contribution < -0.4 is 15.8 Å². The first-order valence-corrected chi connectivity index (χ1v) is 6.87. The van der Waals surface area contributed by atoms with Crippen LogP contribution in [0.4, 0.5) is 4.39 Å². The van der Waals surface area contributed by atoms with E-state index in [1.807, 2.05) is 0 Å². The van der Waals surface area contributed by atoms with Crippen LogP contribution in [0.1, 0.15) is 29.6 Å². The SMILES string of the molecule is COc1cc(C(=O)NC2CCCC2C(N)=S)ccc1F. The smallest absolute Gasteiger partial charge is 0.251 e. The van der Waals surface area contributed by atoms with Crippen LogP contribution in [0.5, 0.6) is 5.75 Å². The van der Waals surface area contributed by atoms with E-state index in [1.165, 1.54) is 25.3 Å². The molecule has 1 amide bonds. The molecule has 1 aliphatic rings. The Kier molecular flexibility index (Phi) is 4.54. The van der Waals surface area contributed by atoms with Gasteiger partial charge >= 0.3 is 0 Å². The zero-order valence-electron chi connectivity index (χ0n) is 11.2. The number of carbonyl (C=O) groups is 1. The number of nitrogens with two attached hydrogens (primary N) is 1. The number of amides is 1. The molecule has 20 heavy (non-hydrogen) atoms. The minimum atomic E-state index is -0.495. The molecule has 0 aromatic heterocycles. The third-order valence-electron chi connectivity index (χ3n) is 3.61. The van der Waals surface area contributed by atoms with Gasteiger partial charge in [0.2, 0.25) is 0 Å². The molecule has 1 saturated carbocycles. The van der Waals surface area contributed by atoms with E-state index < -0.39 is 5.82 Å². The highest BCUT2D eigenvalue weighted by Gasteiger charge is 2.30. The molecule has 2 rings (SSSR count). The topological polar surface area (TPSA) is 64.3 Å². The average Bonchev–Trinajstić information content (AvgIpc) is 2.87. The summed E-state index contributed by atoms with van der Waals surface area (Å²) in [5.74, 6) is -0.673. The lowest BCUT2D eigenvalue weighted by Gasteiger charge is -2.20. The molecule has 3 N–H and O–H groups in total. The Labute approximate surface area is 122 Å². The van der Waals surface area contributed by atoms with Crippen molar-refractivity contribution in [3.05, 3.63) is 29.6 Å². The molecule has 0 radical (unpaired) electrons. The van der Waals surface area contributed by atoms with Crippen LogP contribution in [-0.4, -0.2) is 24.0 Å². The molecule has 0 heterocycles. The second-order valence-corrected chi connectivity index (χ2v) is 5.34. The zero-order valence-corrected chi connectivity index (χ0v) is 12.0. The van der Waals surface area contributed by atoms with Gasteiger partial charge < -0.3 is 15.8 Å². The summed E-state index contributed by atoms with van der Waals surface area (Å²) in [6.45, 7) is 0. The van der Waals surface area contributed by atoms with Gasteiger partial charge in [-0.05, 0) is 31.0 Å². The minimum Gasteiger partial charge on any atom is -0.494 e. The van der Waals surface area contributed by atoms with Crippen LogP contribution in [0.2, 0.25) is 0 Å². The Hall–Kier alpha value is -1.69. The van der Waals surface area contributed by atoms with Crippen LogP contribution in [0.25, 0.3) is 0 Å². The number of methoxy groups -OCH3 is 1. The van der Waals surface area contributed by atoms with Crippen LogP contribution >= 0.6 is 12.2 Å². The highest BCUT2D eigenvalue weighted by atomic mass is 32.1. The standard InChI is InChI=1S/C14H17FN2O2S/c1-19-12-7-8(5-6-10(12)15)14(18)17-11-4-2-3-9(11)13(16)20/h5-7,9,11H,2-4H2,1H3,(H2,16,20)(H,17,18). The average molecular weight is 296 g/mol. The summed E-state index contributed by atoms with van der Waals surface area (Å²) in [7, 11) is 1.36. The maximum Gasteiger partial charge on any atom is 0.251 e. The van der Waals surface area contributed by atoms with Gasteiger partial charge in [0, 0.05) is 17.5 Å². The number of benzene rings is 1. The Balaban J connectivity index is 2.10. The highest BCUT2D eigenvalue weighted by molar-refractivity contribution is 7.80. The lowest BCUT2D eigenvalue weighted by molar-refractivity contribution is 0.0933. The Morgan fingerprint density at radius 1 is 1.50 bits per heavy atom. The second-order valence-electron chi connectivity index (χ2n) is 4.87. The van der Waals surface area contributed by atoms with Crippen molar-refractivity contribution in [3.8, 4) is 5.75 Å². The normalized spacial score (nSPS) is 21.5. The van der Waals surface area contributed by atoms with Gasteiger partial charge in [0.25, 0.3) is 5.91 Å². The Bertz CT molecular complexity index is 536. The fourth-order valence-corrected chi connectivity index (χ4v) is 2.81.